The lowest BCUT2D eigenvalue weighted by molar-refractivity contribution is 0.583. The molecular formula is C6H14O2S. The molecule has 0 aromatic rings. The van der Waals surface area contributed by atoms with Gasteiger partial charge in [-0.15, -0.1) is 0 Å². The molecule has 0 fully saturated rings. The lowest BCUT2D eigenvalue weighted by Crippen LogP contribution is -2.13. The lowest BCUT2D eigenvalue weighted by atomic mass is 10.3. The molecule has 56 valence electrons. The van der Waals surface area contributed by atoms with Crippen LogP contribution in [-0.4, -0.2) is 19.9 Å². The highest BCUT2D eigenvalue weighted by atomic mass is 32.2. The highest BCUT2D eigenvalue weighted by Gasteiger charge is 2.08. The maximum absolute atomic E-state index is 10.8. The molecule has 3 heteroatoms. The summed E-state index contributed by atoms with van der Waals surface area (Å²) < 4.78 is 21.6. The zero-order chi connectivity index (χ0) is 7.49. The molecule has 0 saturated heterocycles. The molecule has 0 saturated carbocycles. The van der Waals surface area contributed by atoms with Crippen LogP contribution in [0, 0.1) is 5.92 Å². The predicted octanol–water partition coefficient (Wildman–Crippen LogP) is 1.08. The predicted molar refractivity (Wildman–Crippen MR) is 39.2 cm³/mol. The van der Waals surface area contributed by atoms with E-state index in [4.69, 9.17) is 0 Å². The van der Waals surface area contributed by atoms with E-state index in [1.54, 1.807) is 6.92 Å². The number of hydrogen-bond acceptors (Lipinski definition) is 2. The third-order valence-corrected chi connectivity index (χ3v) is 3.08. The Hall–Kier alpha value is -0.0500. The minimum absolute atomic E-state index is 0.259. The third-order valence-electron chi connectivity index (χ3n) is 1.03. The van der Waals surface area contributed by atoms with Crippen LogP contribution in [0.25, 0.3) is 0 Å². The van der Waals surface area contributed by atoms with Crippen LogP contribution in [0.2, 0.25) is 0 Å². The third kappa shape index (κ3) is 4.45. The summed E-state index contributed by atoms with van der Waals surface area (Å²) in [5.41, 5.74) is 0. The van der Waals surface area contributed by atoms with Gasteiger partial charge in [0.2, 0.25) is 0 Å². The van der Waals surface area contributed by atoms with Gasteiger partial charge in [-0.2, -0.15) is 0 Å². The number of rotatable bonds is 3. The van der Waals surface area contributed by atoms with E-state index >= 15 is 0 Å². The van der Waals surface area contributed by atoms with Crippen LogP contribution in [-0.2, 0) is 9.84 Å². The zero-order valence-corrected chi connectivity index (χ0v) is 7.03. The molecule has 0 heterocycles. The van der Waals surface area contributed by atoms with E-state index in [0.717, 1.165) is 0 Å². The van der Waals surface area contributed by atoms with E-state index in [0.29, 0.717) is 5.75 Å². The molecule has 0 bridgehead atoms. The largest absolute Gasteiger partial charge is 0.229 e. The molecule has 0 spiro atoms. The Morgan fingerprint density at radius 2 is 1.78 bits per heavy atom. The van der Waals surface area contributed by atoms with Gasteiger partial charge in [0.15, 0.2) is 0 Å². The van der Waals surface area contributed by atoms with Crippen molar-refractivity contribution in [1.29, 1.82) is 0 Å². The highest BCUT2D eigenvalue weighted by molar-refractivity contribution is 7.91. The van der Waals surface area contributed by atoms with E-state index in [-0.39, 0.29) is 11.7 Å². The molecule has 9 heavy (non-hydrogen) atoms. The quantitative estimate of drug-likeness (QED) is 0.603. The van der Waals surface area contributed by atoms with Gasteiger partial charge in [0.1, 0.15) is 9.84 Å². The molecular weight excluding hydrogens is 136 g/mol. The van der Waals surface area contributed by atoms with Crippen molar-refractivity contribution in [2.45, 2.75) is 20.8 Å². The van der Waals surface area contributed by atoms with Crippen LogP contribution in [0.3, 0.4) is 0 Å². The summed E-state index contributed by atoms with van der Waals surface area (Å²) in [6.45, 7) is 5.50. The second kappa shape index (κ2) is 3.20. The standard InChI is InChI=1S/C6H14O2S/c1-4-9(7,8)5-6(2)3/h6H,4-5H2,1-3H3. The molecule has 0 aromatic heterocycles. The molecule has 0 N–H and O–H groups in total. The van der Waals surface area contributed by atoms with Crippen LogP contribution in [0.4, 0.5) is 0 Å². The smallest absolute Gasteiger partial charge is 0.150 e. The molecule has 2 nitrogen and oxygen atoms in total. The Bertz CT molecular complexity index is 156. The summed E-state index contributed by atoms with van der Waals surface area (Å²) in [7, 11) is -2.72. The summed E-state index contributed by atoms with van der Waals surface area (Å²) in [6.07, 6.45) is 0. The van der Waals surface area contributed by atoms with Gasteiger partial charge in [0, 0.05) is 5.75 Å². The van der Waals surface area contributed by atoms with Crippen molar-refractivity contribution in [3.05, 3.63) is 0 Å². The van der Waals surface area contributed by atoms with Crippen LogP contribution in [0.1, 0.15) is 20.8 Å². The van der Waals surface area contributed by atoms with Gasteiger partial charge >= 0.3 is 0 Å². The maximum Gasteiger partial charge on any atom is 0.150 e. The first kappa shape index (κ1) is 8.95. The average Bonchev–Trinajstić information content (AvgIpc) is 1.63. The maximum atomic E-state index is 10.8. The summed E-state index contributed by atoms with van der Waals surface area (Å²) in [4.78, 5) is 0. The van der Waals surface area contributed by atoms with E-state index in [2.05, 4.69) is 0 Å². The van der Waals surface area contributed by atoms with Crippen LogP contribution < -0.4 is 0 Å². The van der Waals surface area contributed by atoms with Crippen molar-refractivity contribution in [2.75, 3.05) is 11.5 Å². The lowest BCUT2D eigenvalue weighted by Gasteiger charge is -2.02. The Kier molecular flexibility index (Phi) is 3.18. The zero-order valence-electron chi connectivity index (χ0n) is 6.22. The highest BCUT2D eigenvalue weighted by Crippen LogP contribution is 1.99. The molecule has 0 atom stereocenters. The van der Waals surface area contributed by atoms with Gasteiger partial charge in [-0.3, -0.25) is 0 Å². The number of sulfone groups is 1. The van der Waals surface area contributed by atoms with Gasteiger partial charge in [0.05, 0.1) is 5.75 Å². The van der Waals surface area contributed by atoms with Crippen molar-refractivity contribution in [1.82, 2.24) is 0 Å². The summed E-state index contributed by atoms with van der Waals surface area (Å²) >= 11 is 0. The first-order chi connectivity index (χ1) is 3.98. The molecule has 0 unspecified atom stereocenters. The van der Waals surface area contributed by atoms with E-state index in [9.17, 15) is 8.42 Å². The Morgan fingerprint density at radius 3 is 1.89 bits per heavy atom. The van der Waals surface area contributed by atoms with Crippen LogP contribution in [0.5, 0.6) is 0 Å². The molecule has 0 aliphatic heterocycles. The van der Waals surface area contributed by atoms with Crippen molar-refractivity contribution in [2.24, 2.45) is 5.92 Å². The van der Waals surface area contributed by atoms with Gasteiger partial charge in [0.25, 0.3) is 0 Å². The Labute approximate surface area is 57.2 Å². The summed E-state index contributed by atoms with van der Waals surface area (Å²) in [5.74, 6) is 0.851. The fourth-order valence-electron chi connectivity index (χ4n) is 0.626. The summed E-state index contributed by atoms with van der Waals surface area (Å²) in [5, 5.41) is 0. The van der Waals surface area contributed by atoms with Gasteiger partial charge in [-0.05, 0) is 5.92 Å². The van der Waals surface area contributed by atoms with Crippen LogP contribution >= 0.6 is 0 Å². The second-order valence-electron chi connectivity index (χ2n) is 2.59. The first-order valence-electron chi connectivity index (χ1n) is 3.18. The van der Waals surface area contributed by atoms with Gasteiger partial charge in [-0.25, -0.2) is 8.42 Å². The molecule has 0 amide bonds. The van der Waals surface area contributed by atoms with E-state index in [1.165, 1.54) is 0 Å². The van der Waals surface area contributed by atoms with E-state index < -0.39 is 9.84 Å². The van der Waals surface area contributed by atoms with Crippen molar-refractivity contribution in [3.63, 3.8) is 0 Å². The molecule has 0 radical (unpaired) electrons. The average molecular weight is 150 g/mol. The van der Waals surface area contributed by atoms with Crippen molar-refractivity contribution in [3.8, 4) is 0 Å². The minimum atomic E-state index is -2.72. The number of hydrogen-bond donors (Lipinski definition) is 0. The molecule has 0 aliphatic rings. The Morgan fingerprint density at radius 1 is 1.33 bits per heavy atom. The second-order valence-corrected chi connectivity index (χ2v) is 4.99. The monoisotopic (exact) mass is 150 g/mol. The molecule has 0 rings (SSSR count). The topological polar surface area (TPSA) is 34.1 Å². The summed E-state index contributed by atoms with van der Waals surface area (Å²) in [6, 6.07) is 0. The minimum Gasteiger partial charge on any atom is -0.229 e. The SMILES string of the molecule is CCS(=O)(=O)CC(C)C. The molecule has 0 aromatic carbocycles. The molecule has 0 aliphatic carbocycles. The van der Waals surface area contributed by atoms with Gasteiger partial charge < -0.3 is 0 Å². The Balaban J connectivity index is 3.90. The fourth-order valence-corrected chi connectivity index (χ4v) is 1.88. The van der Waals surface area contributed by atoms with Crippen molar-refractivity contribution >= 4 is 9.84 Å². The van der Waals surface area contributed by atoms with Crippen LogP contribution in [0.15, 0.2) is 0 Å². The fraction of sp³-hybridized carbons (Fsp3) is 1.00. The van der Waals surface area contributed by atoms with Gasteiger partial charge in [-0.1, -0.05) is 20.8 Å². The normalized spacial score (nSPS) is 12.4. The first-order valence-corrected chi connectivity index (χ1v) is 5.00. The van der Waals surface area contributed by atoms with E-state index in [1.807, 2.05) is 13.8 Å². The van der Waals surface area contributed by atoms with Crippen molar-refractivity contribution < 1.29 is 8.42 Å².